The Kier molecular flexibility index (Phi) is 4.79. The van der Waals surface area contributed by atoms with Crippen LogP contribution in [0.2, 0.25) is 0 Å². The van der Waals surface area contributed by atoms with Crippen molar-refractivity contribution in [1.29, 1.82) is 0 Å². The Hall–Kier alpha value is -3.15. The van der Waals surface area contributed by atoms with Crippen LogP contribution < -0.4 is 10.1 Å². The topological polar surface area (TPSA) is 77.2 Å². The number of carbonyl (C=O) groups is 1. The van der Waals surface area contributed by atoms with E-state index in [1.54, 1.807) is 25.1 Å². The van der Waals surface area contributed by atoms with Crippen molar-refractivity contribution in [3.8, 4) is 5.75 Å². The fourth-order valence-corrected chi connectivity index (χ4v) is 2.40. The second-order valence-electron chi connectivity index (χ2n) is 5.72. The van der Waals surface area contributed by atoms with E-state index in [2.05, 4.69) is 15.5 Å². The van der Waals surface area contributed by atoms with Gasteiger partial charge in [-0.05, 0) is 43.2 Å². The second kappa shape index (κ2) is 7.17. The zero-order valence-electron chi connectivity index (χ0n) is 14.4. The number of ether oxygens (including phenoxy) is 1. The highest BCUT2D eigenvalue weighted by atomic mass is 16.5. The van der Waals surface area contributed by atoms with Gasteiger partial charge in [-0.15, -0.1) is 0 Å². The summed E-state index contributed by atoms with van der Waals surface area (Å²) in [5.74, 6) is 1.14. The molecule has 1 aromatic heterocycles. The van der Waals surface area contributed by atoms with E-state index >= 15 is 0 Å². The maximum absolute atomic E-state index is 12.7. The van der Waals surface area contributed by atoms with Gasteiger partial charge in [0.05, 0.1) is 5.56 Å². The lowest BCUT2D eigenvalue weighted by Crippen LogP contribution is -2.14. The predicted molar refractivity (Wildman–Crippen MR) is 93.7 cm³/mol. The molecule has 0 unspecified atom stereocenters. The van der Waals surface area contributed by atoms with Crippen molar-refractivity contribution in [3.05, 3.63) is 70.9 Å². The van der Waals surface area contributed by atoms with Gasteiger partial charge in [0.15, 0.2) is 6.61 Å². The van der Waals surface area contributed by atoms with E-state index in [0.29, 0.717) is 23.0 Å². The van der Waals surface area contributed by atoms with Crippen molar-refractivity contribution in [2.24, 2.45) is 0 Å². The molecule has 0 saturated carbocycles. The second-order valence-corrected chi connectivity index (χ2v) is 5.72. The van der Waals surface area contributed by atoms with Gasteiger partial charge in [0.25, 0.3) is 5.91 Å². The molecule has 1 heterocycles. The summed E-state index contributed by atoms with van der Waals surface area (Å²) in [6.07, 6.45) is 0. The Labute approximate surface area is 145 Å². The number of anilines is 1. The fraction of sp³-hybridized carbons (Fsp3) is 0.211. The average molecular weight is 337 g/mol. The molecule has 25 heavy (non-hydrogen) atoms. The number of aromatic nitrogens is 2. The summed E-state index contributed by atoms with van der Waals surface area (Å²) in [4.78, 5) is 16.8. The maximum atomic E-state index is 12.7. The van der Waals surface area contributed by atoms with Gasteiger partial charge in [-0.1, -0.05) is 29.4 Å². The Morgan fingerprint density at radius 3 is 2.68 bits per heavy atom. The lowest BCUT2D eigenvalue weighted by atomic mass is 10.1. The summed E-state index contributed by atoms with van der Waals surface area (Å²) in [5.41, 5.74) is 3.39. The van der Waals surface area contributed by atoms with E-state index in [-0.39, 0.29) is 12.5 Å². The van der Waals surface area contributed by atoms with Crippen LogP contribution in [-0.4, -0.2) is 16.0 Å². The Morgan fingerprint density at radius 2 is 1.92 bits per heavy atom. The fourth-order valence-electron chi connectivity index (χ4n) is 2.40. The molecular weight excluding hydrogens is 318 g/mol. The molecule has 0 aliphatic rings. The number of hydrogen-bond donors (Lipinski definition) is 1. The number of rotatable bonds is 5. The van der Waals surface area contributed by atoms with Crippen molar-refractivity contribution in [2.75, 3.05) is 5.32 Å². The van der Waals surface area contributed by atoms with Crippen LogP contribution in [0.25, 0.3) is 0 Å². The first-order valence-corrected chi connectivity index (χ1v) is 7.93. The van der Waals surface area contributed by atoms with Crippen LogP contribution in [0.15, 0.2) is 47.0 Å². The molecule has 1 N–H and O–H groups in total. The van der Waals surface area contributed by atoms with E-state index in [9.17, 15) is 4.79 Å². The van der Waals surface area contributed by atoms with Gasteiger partial charge in [0.2, 0.25) is 11.7 Å². The van der Waals surface area contributed by atoms with Crippen LogP contribution in [0.4, 0.5) is 5.69 Å². The molecular formula is C19H19N3O3. The molecule has 1 amide bonds. The number of nitrogens with one attached hydrogen (secondary N) is 1. The minimum absolute atomic E-state index is 0.130. The molecule has 0 atom stereocenters. The van der Waals surface area contributed by atoms with Gasteiger partial charge in [-0.2, -0.15) is 4.98 Å². The maximum Gasteiger partial charge on any atom is 0.259 e. The molecule has 0 aliphatic carbocycles. The summed E-state index contributed by atoms with van der Waals surface area (Å²) in [7, 11) is 0. The third kappa shape index (κ3) is 3.85. The Morgan fingerprint density at radius 1 is 1.12 bits per heavy atom. The van der Waals surface area contributed by atoms with Gasteiger partial charge >= 0.3 is 0 Å². The molecule has 128 valence electrons. The van der Waals surface area contributed by atoms with Crippen LogP contribution in [0, 0.1) is 20.8 Å². The monoisotopic (exact) mass is 337 g/mol. The van der Waals surface area contributed by atoms with Crippen LogP contribution in [0.1, 0.15) is 33.2 Å². The molecule has 0 aliphatic heterocycles. The lowest BCUT2D eigenvalue weighted by Gasteiger charge is -2.13. The summed E-state index contributed by atoms with van der Waals surface area (Å²) in [6.45, 7) is 5.83. The zero-order valence-corrected chi connectivity index (χ0v) is 14.4. The quantitative estimate of drug-likeness (QED) is 0.766. The van der Waals surface area contributed by atoms with E-state index in [4.69, 9.17) is 9.26 Å². The highest BCUT2D eigenvalue weighted by Gasteiger charge is 2.14. The van der Waals surface area contributed by atoms with Gasteiger partial charge in [-0.25, -0.2) is 0 Å². The predicted octanol–water partition coefficient (Wildman–Crippen LogP) is 3.83. The standard InChI is InChI=1S/C19H19N3O3/c1-12-7-6-9-16(13(12)2)21-19(23)15-8-4-5-10-17(15)24-11-18-20-14(3)25-22-18/h4-10H,11H2,1-3H3,(H,21,23). The summed E-state index contributed by atoms with van der Waals surface area (Å²) in [5, 5.41) is 6.72. The molecule has 0 spiro atoms. The minimum atomic E-state index is -0.228. The van der Waals surface area contributed by atoms with Crippen molar-refractivity contribution < 1.29 is 14.1 Å². The molecule has 6 heteroatoms. The molecule has 3 rings (SSSR count). The van der Waals surface area contributed by atoms with Crippen molar-refractivity contribution in [3.63, 3.8) is 0 Å². The smallest absolute Gasteiger partial charge is 0.259 e. The first kappa shape index (κ1) is 16.7. The summed E-state index contributed by atoms with van der Waals surface area (Å²) < 4.78 is 10.6. The molecule has 0 bridgehead atoms. The molecule has 3 aromatic rings. The van der Waals surface area contributed by atoms with E-state index in [1.807, 2.05) is 38.1 Å². The Balaban J connectivity index is 1.77. The highest BCUT2D eigenvalue weighted by molar-refractivity contribution is 6.06. The van der Waals surface area contributed by atoms with Crippen molar-refractivity contribution in [1.82, 2.24) is 10.1 Å². The van der Waals surface area contributed by atoms with Gasteiger partial charge in [-0.3, -0.25) is 4.79 Å². The molecule has 6 nitrogen and oxygen atoms in total. The number of amides is 1. The first-order chi connectivity index (χ1) is 12.0. The van der Waals surface area contributed by atoms with Crippen LogP contribution in [-0.2, 0) is 6.61 Å². The summed E-state index contributed by atoms with van der Waals surface area (Å²) in [6, 6.07) is 12.9. The zero-order chi connectivity index (χ0) is 17.8. The third-order valence-electron chi connectivity index (χ3n) is 3.91. The van der Waals surface area contributed by atoms with Gasteiger partial charge in [0.1, 0.15) is 5.75 Å². The number of aryl methyl sites for hydroxylation is 2. The van der Waals surface area contributed by atoms with Gasteiger partial charge in [0, 0.05) is 12.6 Å². The first-order valence-electron chi connectivity index (χ1n) is 7.93. The molecule has 0 radical (unpaired) electrons. The largest absolute Gasteiger partial charge is 0.485 e. The van der Waals surface area contributed by atoms with Crippen LogP contribution in [0.5, 0.6) is 5.75 Å². The number of para-hydroxylation sites is 1. The normalized spacial score (nSPS) is 10.5. The van der Waals surface area contributed by atoms with Crippen LogP contribution in [0.3, 0.4) is 0 Å². The number of nitrogens with zero attached hydrogens (tertiary/aromatic N) is 2. The number of hydrogen-bond acceptors (Lipinski definition) is 5. The SMILES string of the molecule is Cc1nc(COc2ccccc2C(=O)Nc2cccc(C)c2C)no1. The lowest BCUT2D eigenvalue weighted by molar-refractivity contribution is 0.102. The number of carbonyl (C=O) groups excluding carboxylic acids is 1. The van der Waals surface area contributed by atoms with Crippen molar-refractivity contribution >= 4 is 11.6 Å². The van der Waals surface area contributed by atoms with Crippen molar-refractivity contribution in [2.45, 2.75) is 27.4 Å². The molecule has 0 fully saturated rings. The Bertz CT molecular complexity index is 902. The molecule has 2 aromatic carbocycles. The third-order valence-corrected chi connectivity index (χ3v) is 3.91. The van der Waals surface area contributed by atoms with Crippen LogP contribution >= 0.6 is 0 Å². The average Bonchev–Trinajstić information content (AvgIpc) is 3.03. The van der Waals surface area contributed by atoms with E-state index in [1.165, 1.54) is 0 Å². The minimum Gasteiger partial charge on any atom is -0.485 e. The van der Waals surface area contributed by atoms with Gasteiger partial charge < -0.3 is 14.6 Å². The highest BCUT2D eigenvalue weighted by Crippen LogP contribution is 2.23. The van der Waals surface area contributed by atoms with E-state index < -0.39 is 0 Å². The molecule has 0 saturated heterocycles. The number of benzene rings is 2. The summed E-state index contributed by atoms with van der Waals surface area (Å²) >= 11 is 0. The van der Waals surface area contributed by atoms with E-state index in [0.717, 1.165) is 16.8 Å².